The van der Waals surface area contributed by atoms with Crippen LogP contribution < -0.4 is 14.8 Å². The van der Waals surface area contributed by atoms with Crippen molar-refractivity contribution in [1.82, 2.24) is 10.3 Å². The summed E-state index contributed by atoms with van der Waals surface area (Å²) in [6.45, 7) is 0.491. The van der Waals surface area contributed by atoms with E-state index in [2.05, 4.69) is 29.2 Å². The zero-order valence-corrected chi connectivity index (χ0v) is 24.1. The first-order chi connectivity index (χ1) is 20.6. The van der Waals surface area contributed by atoms with Crippen LogP contribution in [0.5, 0.6) is 11.5 Å². The molecule has 1 N–H and O–H groups in total. The zero-order chi connectivity index (χ0) is 32.7. The van der Waals surface area contributed by atoms with Crippen molar-refractivity contribution in [3.8, 4) is 22.8 Å². The van der Waals surface area contributed by atoms with Crippen LogP contribution in [0.1, 0.15) is 34.8 Å². The van der Waals surface area contributed by atoms with Crippen molar-refractivity contribution in [2.45, 2.75) is 31.6 Å². The molecule has 0 aliphatic carbocycles. The summed E-state index contributed by atoms with van der Waals surface area (Å²) in [5.74, 6) is -4.44. The SMILES string of the molecule is COC(=O)C1CCNC(c2ccc(OC(F)(F)F)cc2F)C1.COC(=O)c1ccnc(-c2ccc(OC(F)(F)F)cc2F)c1.Cl. The molecule has 246 valence electrons. The van der Waals surface area contributed by atoms with Crippen molar-refractivity contribution < 1.29 is 63.7 Å². The van der Waals surface area contributed by atoms with Gasteiger partial charge in [0.15, 0.2) is 0 Å². The Labute approximate surface area is 257 Å². The fourth-order valence-electron chi connectivity index (χ4n) is 4.25. The van der Waals surface area contributed by atoms with E-state index in [4.69, 9.17) is 0 Å². The molecule has 1 saturated heterocycles. The van der Waals surface area contributed by atoms with Crippen LogP contribution in [0.4, 0.5) is 35.1 Å². The second kappa shape index (κ2) is 15.7. The lowest BCUT2D eigenvalue weighted by Crippen LogP contribution is -2.35. The van der Waals surface area contributed by atoms with Gasteiger partial charge in [0.1, 0.15) is 23.1 Å². The molecule has 1 aliphatic rings. The summed E-state index contributed by atoms with van der Waals surface area (Å²) in [7, 11) is 2.47. The van der Waals surface area contributed by atoms with Gasteiger partial charge in [-0.15, -0.1) is 38.7 Å². The number of piperidine rings is 1. The van der Waals surface area contributed by atoms with Crippen LogP contribution in [-0.4, -0.2) is 50.4 Å². The molecule has 8 nitrogen and oxygen atoms in total. The van der Waals surface area contributed by atoms with Crippen molar-refractivity contribution in [1.29, 1.82) is 0 Å². The number of rotatable bonds is 6. The van der Waals surface area contributed by atoms with Gasteiger partial charge in [-0.2, -0.15) is 0 Å². The number of aromatic nitrogens is 1. The fourth-order valence-corrected chi connectivity index (χ4v) is 4.25. The van der Waals surface area contributed by atoms with Crippen molar-refractivity contribution in [2.24, 2.45) is 5.92 Å². The smallest absolute Gasteiger partial charge is 0.469 e. The number of hydrogen-bond donors (Lipinski definition) is 1. The predicted octanol–water partition coefficient (Wildman–Crippen LogP) is 6.93. The Morgan fingerprint density at radius 1 is 0.844 bits per heavy atom. The lowest BCUT2D eigenvalue weighted by molar-refractivity contribution is -0.275. The van der Waals surface area contributed by atoms with Gasteiger partial charge in [-0.05, 0) is 49.7 Å². The molecular weight excluding hydrogens is 648 g/mol. The number of hydrogen-bond acceptors (Lipinski definition) is 8. The number of benzene rings is 2. The summed E-state index contributed by atoms with van der Waals surface area (Å²) < 4.78 is 117. The molecule has 0 radical (unpaired) electrons. The highest BCUT2D eigenvalue weighted by Crippen LogP contribution is 2.33. The second-order valence-corrected chi connectivity index (χ2v) is 9.09. The van der Waals surface area contributed by atoms with E-state index in [-0.39, 0.29) is 46.7 Å². The number of alkyl halides is 6. The van der Waals surface area contributed by atoms with Gasteiger partial charge in [-0.3, -0.25) is 9.78 Å². The molecule has 17 heteroatoms. The Balaban J connectivity index is 0.000000307. The summed E-state index contributed by atoms with van der Waals surface area (Å²) in [4.78, 5) is 26.8. The molecule has 4 rings (SSSR count). The molecule has 2 aromatic carbocycles. The maximum absolute atomic E-state index is 14.0. The largest absolute Gasteiger partial charge is 0.573 e. The van der Waals surface area contributed by atoms with Crippen LogP contribution in [0.3, 0.4) is 0 Å². The minimum atomic E-state index is -4.91. The van der Waals surface area contributed by atoms with E-state index in [9.17, 15) is 44.7 Å². The van der Waals surface area contributed by atoms with Crippen LogP contribution in [0.25, 0.3) is 11.3 Å². The Kier molecular flexibility index (Phi) is 12.9. The van der Waals surface area contributed by atoms with Crippen LogP contribution in [0.2, 0.25) is 0 Å². The van der Waals surface area contributed by atoms with Gasteiger partial charge in [0.05, 0.1) is 31.4 Å². The lowest BCUT2D eigenvalue weighted by Gasteiger charge is -2.29. The minimum absolute atomic E-state index is 0. The van der Waals surface area contributed by atoms with Crippen molar-refractivity contribution >= 4 is 24.3 Å². The monoisotopic (exact) mass is 672 g/mol. The number of carbonyl (C=O) groups is 2. The van der Waals surface area contributed by atoms with Crippen LogP contribution in [0.15, 0.2) is 54.7 Å². The van der Waals surface area contributed by atoms with Gasteiger partial charge in [0.25, 0.3) is 0 Å². The lowest BCUT2D eigenvalue weighted by atomic mass is 9.88. The molecule has 2 heterocycles. The second-order valence-electron chi connectivity index (χ2n) is 9.09. The molecule has 1 fully saturated rings. The van der Waals surface area contributed by atoms with E-state index in [1.54, 1.807) is 0 Å². The highest BCUT2D eigenvalue weighted by Gasteiger charge is 2.33. The normalized spacial score (nSPS) is 16.3. The van der Waals surface area contributed by atoms with Gasteiger partial charge in [0, 0.05) is 35.5 Å². The van der Waals surface area contributed by atoms with E-state index in [1.165, 1.54) is 38.6 Å². The highest BCUT2D eigenvalue weighted by molar-refractivity contribution is 5.90. The summed E-state index contributed by atoms with van der Waals surface area (Å²) in [5, 5.41) is 3.04. The molecule has 45 heavy (non-hydrogen) atoms. The molecule has 0 amide bonds. The average molecular weight is 673 g/mol. The summed E-state index contributed by atoms with van der Waals surface area (Å²) >= 11 is 0. The minimum Gasteiger partial charge on any atom is -0.469 e. The fraction of sp³-hybridized carbons (Fsp3) is 0.321. The molecule has 2 unspecified atom stereocenters. The predicted molar refractivity (Wildman–Crippen MR) is 143 cm³/mol. The topological polar surface area (TPSA) is 96.0 Å². The summed E-state index contributed by atoms with van der Waals surface area (Å²) in [6.07, 6.45) is -7.62. The third-order valence-electron chi connectivity index (χ3n) is 6.15. The summed E-state index contributed by atoms with van der Waals surface area (Å²) in [6, 6.07) is 7.78. The Bertz CT molecular complexity index is 1470. The third kappa shape index (κ3) is 11.0. The van der Waals surface area contributed by atoms with E-state index < -0.39 is 47.9 Å². The van der Waals surface area contributed by atoms with Gasteiger partial charge < -0.3 is 24.3 Å². The van der Waals surface area contributed by atoms with E-state index in [1.807, 2.05) is 0 Å². The average Bonchev–Trinajstić information content (AvgIpc) is 2.95. The number of nitrogens with one attached hydrogen (secondary N) is 1. The molecule has 0 bridgehead atoms. The summed E-state index contributed by atoms with van der Waals surface area (Å²) in [5.41, 5.74) is 0.352. The Morgan fingerprint density at radius 3 is 1.98 bits per heavy atom. The van der Waals surface area contributed by atoms with Crippen molar-refractivity contribution in [3.63, 3.8) is 0 Å². The maximum atomic E-state index is 14.0. The van der Waals surface area contributed by atoms with Crippen LogP contribution in [0, 0.1) is 17.6 Å². The van der Waals surface area contributed by atoms with Gasteiger partial charge >= 0.3 is 24.7 Å². The van der Waals surface area contributed by atoms with Crippen LogP contribution >= 0.6 is 12.4 Å². The number of halogens is 9. The number of esters is 2. The van der Waals surface area contributed by atoms with Gasteiger partial charge in [-0.25, -0.2) is 13.6 Å². The van der Waals surface area contributed by atoms with E-state index >= 15 is 0 Å². The number of pyridine rings is 1. The number of methoxy groups -OCH3 is 2. The van der Waals surface area contributed by atoms with Gasteiger partial charge in [0.2, 0.25) is 0 Å². The molecule has 3 aromatic rings. The molecule has 1 aromatic heterocycles. The first kappa shape index (κ1) is 37.0. The Hall–Kier alpha value is -4.18. The molecule has 1 aliphatic heterocycles. The standard InChI is InChI=1S/C14H15F4NO3.C14H9F4NO3.ClH/c2*1-21-13(20)8-4-5-19-12(6-8)10-3-2-9(7-11(10)15)22-14(16,17)18;/h2-3,7-8,12,19H,4-6H2,1H3;2-7H,1H3;1H. The maximum Gasteiger partial charge on any atom is 0.573 e. The van der Waals surface area contributed by atoms with Gasteiger partial charge in [-0.1, -0.05) is 6.07 Å². The Morgan fingerprint density at radius 2 is 1.44 bits per heavy atom. The van der Waals surface area contributed by atoms with Crippen molar-refractivity contribution in [3.05, 3.63) is 77.5 Å². The van der Waals surface area contributed by atoms with Crippen LogP contribution in [-0.2, 0) is 14.3 Å². The molecule has 0 spiro atoms. The van der Waals surface area contributed by atoms with Crippen molar-refractivity contribution in [2.75, 3.05) is 20.8 Å². The third-order valence-corrected chi connectivity index (χ3v) is 6.15. The highest BCUT2D eigenvalue weighted by atomic mass is 35.5. The first-order valence-corrected chi connectivity index (χ1v) is 12.6. The quantitative estimate of drug-likeness (QED) is 0.223. The van der Waals surface area contributed by atoms with E-state index in [0.29, 0.717) is 31.5 Å². The first-order valence-electron chi connectivity index (χ1n) is 12.6. The number of carbonyl (C=O) groups excluding carboxylic acids is 2. The zero-order valence-electron chi connectivity index (χ0n) is 23.3. The molecular formula is C28H25ClF8N2O6. The molecule has 2 atom stereocenters. The molecule has 0 saturated carbocycles. The number of nitrogens with zero attached hydrogens (tertiary/aromatic N) is 1. The number of ether oxygens (including phenoxy) is 4. The van der Waals surface area contributed by atoms with E-state index in [0.717, 1.165) is 18.2 Å².